The normalized spacial score (nSPS) is 21.6. The number of rotatable bonds is 2. The number of guanidine groups is 1. The van der Waals surface area contributed by atoms with Gasteiger partial charge in [0, 0.05) is 19.5 Å². The molecule has 0 aromatic rings. The van der Waals surface area contributed by atoms with Crippen molar-refractivity contribution in [2.45, 2.75) is 25.8 Å². The van der Waals surface area contributed by atoms with Gasteiger partial charge in [-0.25, -0.2) is 4.99 Å². The Hall–Kier alpha value is -1.26. The summed E-state index contributed by atoms with van der Waals surface area (Å²) in [6.07, 6.45) is 1.41. The van der Waals surface area contributed by atoms with Gasteiger partial charge < -0.3 is 16.4 Å². The van der Waals surface area contributed by atoms with Crippen molar-refractivity contribution < 1.29 is 4.79 Å². The summed E-state index contributed by atoms with van der Waals surface area (Å²) in [5.41, 5.74) is 10.5. The van der Waals surface area contributed by atoms with Gasteiger partial charge in [-0.1, -0.05) is 6.92 Å². The minimum absolute atomic E-state index is 0.0977. The summed E-state index contributed by atoms with van der Waals surface area (Å²) in [6, 6.07) is 0.0977. The van der Waals surface area contributed by atoms with Crippen molar-refractivity contribution in [2.24, 2.45) is 16.5 Å². The lowest BCUT2D eigenvalue weighted by Gasteiger charge is -2.13. The molecule has 0 bridgehead atoms. The molecule has 1 atom stereocenters. The van der Waals surface area contributed by atoms with E-state index in [1.165, 1.54) is 0 Å². The van der Waals surface area contributed by atoms with Crippen molar-refractivity contribution in [3.8, 4) is 0 Å². The van der Waals surface area contributed by atoms with E-state index in [-0.39, 0.29) is 17.9 Å². The van der Waals surface area contributed by atoms with Gasteiger partial charge in [0.1, 0.15) is 0 Å². The Labute approximate surface area is 77.8 Å². The van der Waals surface area contributed by atoms with Crippen LogP contribution in [0.2, 0.25) is 0 Å². The van der Waals surface area contributed by atoms with Gasteiger partial charge in [0.05, 0.1) is 6.04 Å². The van der Waals surface area contributed by atoms with Crippen LogP contribution in [-0.4, -0.2) is 35.9 Å². The first-order valence-electron chi connectivity index (χ1n) is 4.50. The van der Waals surface area contributed by atoms with Crippen LogP contribution in [0, 0.1) is 0 Å². The predicted octanol–water partition coefficient (Wildman–Crippen LogP) is -0.729. The number of likely N-dealkylation sites (tertiary alicyclic amines) is 1. The molecule has 5 heteroatoms. The van der Waals surface area contributed by atoms with Crippen molar-refractivity contribution >= 4 is 11.9 Å². The lowest BCUT2D eigenvalue weighted by molar-refractivity contribution is -0.129. The van der Waals surface area contributed by atoms with Crippen LogP contribution < -0.4 is 11.5 Å². The number of amides is 1. The molecule has 13 heavy (non-hydrogen) atoms. The Kier molecular flexibility index (Phi) is 3.11. The van der Waals surface area contributed by atoms with Crippen molar-refractivity contribution in [2.75, 3.05) is 13.1 Å². The van der Waals surface area contributed by atoms with E-state index >= 15 is 0 Å². The molecule has 1 saturated heterocycles. The lowest BCUT2D eigenvalue weighted by atomic mass is 10.3. The number of nitrogens with two attached hydrogens (primary N) is 2. The number of hydrogen-bond donors (Lipinski definition) is 2. The second-order valence-corrected chi connectivity index (χ2v) is 3.19. The van der Waals surface area contributed by atoms with Crippen molar-refractivity contribution in [3.05, 3.63) is 0 Å². The van der Waals surface area contributed by atoms with Crippen LogP contribution in [-0.2, 0) is 4.79 Å². The predicted molar refractivity (Wildman–Crippen MR) is 51.1 cm³/mol. The van der Waals surface area contributed by atoms with Crippen LogP contribution in [0.3, 0.4) is 0 Å². The van der Waals surface area contributed by atoms with Crippen LogP contribution >= 0.6 is 0 Å². The third kappa shape index (κ3) is 2.61. The van der Waals surface area contributed by atoms with Gasteiger partial charge in [0.25, 0.3) is 0 Å². The average Bonchev–Trinajstić information content (AvgIpc) is 2.50. The molecule has 0 radical (unpaired) electrons. The quantitative estimate of drug-likeness (QED) is 0.438. The Morgan fingerprint density at radius 2 is 2.31 bits per heavy atom. The van der Waals surface area contributed by atoms with Crippen LogP contribution in [0.5, 0.6) is 0 Å². The molecule has 0 aromatic carbocycles. The highest BCUT2D eigenvalue weighted by Crippen LogP contribution is 2.12. The highest BCUT2D eigenvalue weighted by atomic mass is 16.2. The van der Waals surface area contributed by atoms with E-state index in [0.29, 0.717) is 13.0 Å². The van der Waals surface area contributed by atoms with Crippen molar-refractivity contribution in [1.82, 2.24) is 4.90 Å². The first-order valence-corrected chi connectivity index (χ1v) is 4.50. The van der Waals surface area contributed by atoms with E-state index < -0.39 is 0 Å². The number of carbonyl (C=O) groups is 1. The molecule has 5 nitrogen and oxygen atoms in total. The van der Waals surface area contributed by atoms with Gasteiger partial charge in [0.15, 0.2) is 5.96 Å². The highest BCUT2D eigenvalue weighted by molar-refractivity contribution is 5.77. The second-order valence-electron chi connectivity index (χ2n) is 3.19. The zero-order valence-corrected chi connectivity index (χ0v) is 7.86. The third-order valence-corrected chi connectivity index (χ3v) is 2.15. The van der Waals surface area contributed by atoms with Crippen LogP contribution in [0.25, 0.3) is 0 Å². The minimum atomic E-state index is 0.0977. The molecule has 1 aliphatic rings. The average molecular weight is 184 g/mol. The first kappa shape index (κ1) is 9.83. The largest absolute Gasteiger partial charge is 0.370 e. The number of nitrogens with zero attached hydrogens (tertiary/aromatic N) is 2. The van der Waals surface area contributed by atoms with E-state index in [4.69, 9.17) is 11.5 Å². The molecule has 4 N–H and O–H groups in total. The Morgan fingerprint density at radius 1 is 1.62 bits per heavy atom. The fourth-order valence-electron chi connectivity index (χ4n) is 1.51. The molecular formula is C8H16N4O. The van der Waals surface area contributed by atoms with E-state index in [0.717, 1.165) is 13.0 Å². The minimum Gasteiger partial charge on any atom is -0.370 e. The molecule has 0 saturated carbocycles. The molecule has 1 heterocycles. The van der Waals surface area contributed by atoms with Gasteiger partial charge in [-0.2, -0.15) is 0 Å². The van der Waals surface area contributed by atoms with E-state index in [2.05, 4.69) is 4.99 Å². The maximum Gasteiger partial charge on any atom is 0.222 e. The molecule has 1 rings (SSSR count). The zero-order valence-electron chi connectivity index (χ0n) is 7.86. The van der Waals surface area contributed by atoms with Gasteiger partial charge in [-0.15, -0.1) is 0 Å². The van der Waals surface area contributed by atoms with Crippen LogP contribution in [0.4, 0.5) is 0 Å². The first-order chi connectivity index (χ1) is 6.13. The molecule has 1 fully saturated rings. The Balaban J connectivity index is 2.45. The smallest absolute Gasteiger partial charge is 0.222 e. The monoisotopic (exact) mass is 184 g/mol. The summed E-state index contributed by atoms with van der Waals surface area (Å²) < 4.78 is 0. The Bertz CT molecular complexity index is 222. The molecule has 0 aliphatic carbocycles. The molecule has 0 aromatic heterocycles. The fourth-order valence-corrected chi connectivity index (χ4v) is 1.51. The number of hydrogen-bond acceptors (Lipinski definition) is 2. The van der Waals surface area contributed by atoms with E-state index in [1.807, 2.05) is 6.92 Å². The summed E-state index contributed by atoms with van der Waals surface area (Å²) in [5, 5.41) is 0. The molecule has 1 unspecified atom stereocenters. The molecule has 1 aliphatic heterocycles. The molecule has 1 amide bonds. The summed E-state index contributed by atoms with van der Waals surface area (Å²) in [4.78, 5) is 17.1. The van der Waals surface area contributed by atoms with E-state index in [1.54, 1.807) is 4.90 Å². The number of aliphatic imine (C=N–C) groups is 1. The summed E-state index contributed by atoms with van der Waals surface area (Å²) in [7, 11) is 0. The second kappa shape index (κ2) is 4.11. The van der Waals surface area contributed by atoms with Gasteiger partial charge in [0.2, 0.25) is 5.91 Å². The highest BCUT2D eigenvalue weighted by Gasteiger charge is 2.24. The standard InChI is InChI=1S/C8H16N4O/c1-2-7(13)12-4-3-6(5-12)11-8(9)10/h6H,2-5H2,1H3,(H4,9,10,11). The van der Waals surface area contributed by atoms with Gasteiger partial charge in [-0.05, 0) is 6.42 Å². The summed E-state index contributed by atoms with van der Waals surface area (Å²) in [5.74, 6) is 0.282. The Morgan fingerprint density at radius 3 is 2.85 bits per heavy atom. The molecular weight excluding hydrogens is 168 g/mol. The van der Waals surface area contributed by atoms with Crippen LogP contribution in [0.15, 0.2) is 4.99 Å². The SMILES string of the molecule is CCC(=O)N1CCC(N=C(N)N)C1. The fraction of sp³-hybridized carbons (Fsp3) is 0.750. The number of carbonyl (C=O) groups excluding carboxylic acids is 1. The molecule has 0 spiro atoms. The van der Waals surface area contributed by atoms with Crippen LogP contribution in [0.1, 0.15) is 19.8 Å². The third-order valence-electron chi connectivity index (χ3n) is 2.15. The van der Waals surface area contributed by atoms with Crippen molar-refractivity contribution in [3.63, 3.8) is 0 Å². The summed E-state index contributed by atoms with van der Waals surface area (Å²) >= 11 is 0. The van der Waals surface area contributed by atoms with Crippen molar-refractivity contribution in [1.29, 1.82) is 0 Å². The summed E-state index contributed by atoms with van der Waals surface area (Å²) in [6.45, 7) is 3.29. The maximum absolute atomic E-state index is 11.3. The zero-order chi connectivity index (χ0) is 9.84. The topological polar surface area (TPSA) is 84.7 Å². The van der Waals surface area contributed by atoms with Gasteiger partial charge in [-0.3, -0.25) is 4.79 Å². The van der Waals surface area contributed by atoms with Gasteiger partial charge >= 0.3 is 0 Å². The maximum atomic E-state index is 11.3. The van der Waals surface area contributed by atoms with E-state index in [9.17, 15) is 4.79 Å². The lowest BCUT2D eigenvalue weighted by Crippen LogP contribution is -2.30. The molecule has 74 valence electrons.